The quantitative estimate of drug-likeness (QED) is 0.479. The van der Waals surface area contributed by atoms with Gasteiger partial charge in [0.05, 0.1) is 11.6 Å². The Morgan fingerprint density at radius 2 is 1.58 bits per heavy atom. The van der Waals surface area contributed by atoms with E-state index in [0.29, 0.717) is 23.1 Å². The van der Waals surface area contributed by atoms with Crippen molar-refractivity contribution in [2.45, 2.75) is 13.5 Å². The van der Waals surface area contributed by atoms with Crippen molar-refractivity contribution in [3.63, 3.8) is 0 Å². The van der Waals surface area contributed by atoms with Crippen molar-refractivity contribution < 1.29 is 4.74 Å². The van der Waals surface area contributed by atoms with Crippen LogP contribution in [0.15, 0.2) is 72.8 Å². The molecule has 0 fully saturated rings. The Labute approximate surface area is 180 Å². The van der Waals surface area contributed by atoms with Crippen molar-refractivity contribution in [1.29, 1.82) is 5.26 Å². The molecule has 1 aromatic heterocycles. The van der Waals surface area contributed by atoms with Gasteiger partial charge in [-0.1, -0.05) is 42.5 Å². The van der Waals surface area contributed by atoms with E-state index >= 15 is 0 Å². The molecule has 0 aliphatic rings. The van der Waals surface area contributed by atoms with Crippen molar-refractivity contribution in [1.82, 2.24) is 15.0 Å². The largest absolute Gasteiger partial charge is 0.486 e. The van der Waals surface area contributed by atoms with Gasteiger partial charge in [0.2, 0.25) is 11.9 Å². The van der Waals surface area contributed by atoms with Gasteiger partial charge in [-0.25, -0.2) is 0 Å². The van der Waals surface area contributed by atoms with Crippen LogP contribution in [0.4, 0.5) is 17.6 Å². The molecule has 4 aromatic rings. The fourth-order valence-electron chi connectivity index (χ4n) is 3.02. The minimum Gasteiger partial charge on any atom is -0.486 e. The van der Waals surface area contributed by atoms with Crippen LogP contribution in [-0.2, 0) is 6.61 Å². The molecule has 0 amide bonds. The molecule has 152 valence electrons. The molecule has 3 aromatic carbocycles. The highest BCUT2D eigenvalue weighted by atomic mass is 16.5. The number of ether oxygens (including phenoxy) is 1. The lowest BCUT2D eigenvalue weighted by atomic mass is 10.0. The number of aromatic nitrogens is 3. The average molecular weight is 408 g/mol. The predicted molar refractivity (Wildman–Crippen MR) is 120 cm³/mol. The zero-order valence-corrected chi connectivity index (χ0v) is 16.9. The van der Waals surface area contributed by atoms with Crippen LogP contribution in [0.5, 0.6) is 5.75 Å². The third kappa shape index (κ3) is 4.95. The normalized spacial score (nSPS) is 10.3. The first-order chi connectivity index (χ1) is 15.1. The van der Waals surface area contributed by atoms with E-state index in [9.17, 15) is 0 Å². The Balaban J connectivity index is 1.43. The molecule has 3 N–H and O–H groups in total. The smallest absolute Gasteiger partial charge is 0.232 e. The maximum absolute atomic E-state index is 8.92. The molecule has 0 aliphatic carbocycles. The molecule has 1 heterocycles. The maximum Gasteiger partial charge on any atom is 0.232 e. The second-order valence-electron chi connectivity index (χ2n) is 6.88. The first-order valence-corrected chi connectivity index (χ1v) is 9.67. The third-order valence-corrected chi connectivity index (χ3v) is 4.66. The van der Waals surface area contributed by atoms with Gasteiger partial charge in [-0.3, -0.25) is 0 Å². The van der Waals surface area contributed by atoms with Crippen molar-refractivity contribution in [2.24, 2.45) is 0 Å². The van der Waals surface area contributed by atoms with Gasteiger partial charge in [0.1, 0.15) is 12.4 Å². The van der Waals surface area contributed by atoms with Gasteiger partial charge in [0, 0.05) is 5.69 Å². The summed E-state index contributed by atoms with van der Waals surface area (Å²) < 4.78 is 5.82. The van der Waals surface area contributed by atoms with Crippen molar-refractivity contribution in [3.05, 3.63) is 89.7 Å². The number of para-hydroxylation sites is 1. The highest BCUT2D eigenvalue weighted by Crippen LogP contribution is 2.23. The van der Waals surface area contributed by atoms with E-state index < -0.39 is 0 Å². The molecule has 7 heteroatoms. The van der Waals surface area contributed by atoms with Crippen molar-refractivity contribution >= 4 is 17.6 Å². The fourth-order valence-corrected chi connectivity index (χ4v) is 3.02. The van der Waals surface area contributed by atoms with Crippen molar-refractivity contribution in [2.75, 3.05) is 11.1 Å². The zero-order chi connectivity index (χ0) is 21.6. The molecule has 4 rings (SSSR count). The Bertz CT molecular complexity index is 1230. The van der Waals surface area contributed by atoms with E-state index in [2.05, 4.69) is 26.3 Å². The van der Waals surface area contributed by atoms with Gasteiger partial charge in [-0.2, -0.15) is 20.2 Å². The third-order valence-electron chi connectivity index (χ3n) is 4.66. The molecule has 7 nitrogen and oxygen atoms in total. The standard InChI is InChI=1S/C24H20N6O/c1-16-4-2-3-5-21(16)27-24-29-22(28-23(26)30-24)15-31-20-12-10-19(11-13-20)18-8-6-17(14-25)7-9-18/h2-13H,15H2,1H3,(H3,26,27,28,29,30). The van der Waals surface area contributed by atoms with Gasteiger partial charge in [0.25, 0.3) is 0 Å². The number of rotatable bonds is 6. The number of hydrogen-bond acceptors (Lipinski definition) is 7. The second-order valence-corrected chi connectivity index (χ2v) is 6.88. The molecule has 0 aliphatic heterocycles. The van der Waals surface area contributed by atoms with Gasteiger partial charge in [-0.15, -0.1) is 0 Å². The van der Waals surface area contributed by atoms with Gasteiger partial charge in [0.15, 0.2) is 5.82 Å². The number of nitrogens with one attached hydrogen (secondary N) is 1. The number of aryl methyl sites for hydroxylation is 1. The fraction of sp³-hybridized carbons (Fsp3) is 0.0833. The Morgan fingerprint density at radius 1 is 0.903 bits per heavy atom. The lowest BCUT2D eigenvalue weighted by Crippen LogP contribution is -2.09. The lowest BCUT2D eigenvalue weighted by Gasteiger charge is -2.10. The number of nitriles is 1. The highest BCUT2D eigenvalue weighted by molar-refractivity contribution is 5.65. The van der Waals surface area contributed by atoms with Crippen LogP contribution in [0, 0.1) is 18.3 Å². The highest BCUT2D eigenvalue weighted by Gasteiger charge is 2.07. The van der Waals surface area contributed by atoms with Crippen LogP contribution in [0.2, 0.25) is 0 Å². The SMILES string of the molecule is Cc1ccccc1Nc1nc(N)nc(COc2ccc(-c3ccc(C#N)cc3)cc2)n1. The van der Waals surface area contributed by atoms with Gasteiger partial charge in [-0.05, 0) is 53.9 Å². The number of hydrogen-bond donors (Lipinski definition) is 2. The molecule has 0 spiro atoms. The minimum atomic E-state index is 0.126. The molecular formula is C24H20N6O. The summed E-state index contributed by atoms with van der Waals surface area (Å²) in [5.74, 6) is 1.61. The van der Waals surface area contributed by atoms with Crippen LogP contribution in [-0.4, -0.2) is 15.0 Å². The van der Waals surface area contributed by atoms with E-state index in [4.69, 9.17) is 15.7 Å². The molecule has 31 heavy (non-hydrogen) atoms. The van der Waals surface area contributed by atoms with Crippen LogP contribution in [0.1, 0.15) is 17.0 Å². The molecule has 0 unspecified atom stereocenters. The topological polar surface area (TPSA) is 110 Å². The first kappa shape index (κ1) is 19.9. The number of nitrogens with two attached hydrogens (primary N) is 1. The van der Waals surface area contributed by atoms with Crippen LogP contribution in [0.25, 0.3) is 11.1 Å². The summed E-state index contributed by atoms with van der Waals surface area (Å²) >= 11 is 0. The summed E-state index contributed by atoms with van der Waals surface area (Å²) in [7, 11) is 0. The zero-order valence-electron chi connectivity index (χ0n) is 16.9. The van der Waals surface area contributed by atoms with E-state index in [1.165, 1.54) is 0 Å². The van der Waals surface area contributed by atoms with E-state index in [0.717, 1.165) is 22.4 Å². The Morgan fingerprint density at radius 3 is 2.26 bits per heavy atom. The van der Waals surface area contributed by atoms with Gasteiger partial charge >= 0.3 is 0 Å². The Hall–Kier alpha value is -4.44. The van der Waals surface area contributed by atoms with Crippen LogP contribution >= 0.6 is 0 Å². The molecule has 0 radical (unpaired) electrons. The first-order valence-electron chi connectivity index (χ1n) is 9.67. The van der Waals surface area contributed by atoms with Gasteiger partial charge < -0.3 is 15.8 Å². The van der Waals surface area contributed by atoms with Crippen LogP contribution in [0.3, 0.4) is 0 Å². The summed E-state index contributed by atoms with van der Waals surface area (Å²) in [6.07, 6.45) is 0. The molecule has 0 atom stereocenters. The number of anilines is 3. The summed E-state index contributed by atoms with van der Waals surface area (Å²) in [4.78, 5) is 12.7. The summed E-state index contributed by atoms with van der Waals surface area (Å²) in [6.45, 7) is 2.16. The summed E-state index contributed by atoms with van der Waals surface area (Å²) in [6, 6.07) is 25.1. The minimum absolute atomic E-state index is 0.126. The Kier molecular flexibility index (Phi) is 5.72. The molecular weight excluding hydrogens is 388 g/mol. The second kappa shape index (κ2) is 8.93. The van der Waals surface area contributed by atoms with Crippen molar-refractivity contribution in [3.8, 4) is 22.9 Å². The summed E-state index contributed by atoms with van der Waals surface area (Å²) in [5.41, 5.74) is 10.5. The maximum atomic E-state index is 8.92. The molecule has 0 bridgehead atoms. The molecule has 0 saturated heterocycles. The average Bonchev–Trinajstić information content (AvgIpc) is 2.79. The number of nitrogen functional groups attached to an aromatic ring is 1. The molecule has 0 saturated carbocycles. The summed E-state index contributed by atoms with van der Waals surface area (Å²) in [5, 5.41) is 12.1. The lowest BCUT2D eigenvalue weighted by molar-refractivity contribution is 0.296. The van der Waals surface area contributed by atoms with E-state index in [-0.39, 0.29) is 12.6 Å². The number of nitrogens with zero attached hydrogens (tertiary/aromatic N) is 4. The number of benzene rings is 3. The predicted octanol–water partition coefficient (Wildman–Crippen LogP) is 4.62. The van der Waals surface area contributed by atoms with E-state index in [1.54, 1.807) is 12.1 Å². The van der Waals surface area contributed by atoms with Crippen LogP contribution < -0.4 is 15.8 Å². The van der Waals surface area contributed by atoms with E-state index in [1.807, 2.05) is 67.6 Å². The monoisotopic (exact) mass is 408 g/mol.